The van der Waals surface area contributed by atoms with Gasteiger partial charge < -0.3 is 14.9 Å². The number of hydrogen-bond acceptors (Lipinski definition) is 0. The monoisotopic (exact) mass is 682 g/mol. The van der Waals surface area contributed by atoms with E-state index in [0.29, 0.717) is 0 Å². The summed E-state index contributed by atoms with van der Waals surface area (Å²) in [7, 11) is 8.52. The third kappa shape index (κ3) is 7.75. The Balaban J connectivity index is 0.00000107. The predicted molar refractivity (Wildman–Crippen MR) is 180 cm³/mol. The summed E-state index contributed by atoms with van der Waals surface area (Å²) in [6.45, 7) is 18.0. The van der Waals surface area contributed by atoms with Crippen molar-refractivity contribution >= 4 is 25.1 Å². The fraction of sp³-hybridized carbons (Fsp3) is 0.778. The van der Waals surface area contributed by atoms with Crippen LogP contribution < -0.4 is 0 Å². The van der Waals surface area contributed by atoms with Crippen LogP contribution in [-0.4, -0.2) is 8.07 Å². The first kappa shape index (κ1) is 37.1. The summed E-state index contributed by atoms with van der Waals surface area (Å²) < 4.78 is 0. The van der Waals surface area contributed by atoms with Crippen molar-refractivity contribution in [2.45, 2.75) is 141 Å². The average Bonchev–Trinajstić information content (AvgIpc) is 3.42. The molecule has 4 heteroatoms. The molecule has 0 radical (unpaired) electrons. The molecule has 0 amide bonds. The molecule has 0 saturated heterocycles. The van der Waals surface area contributed by atoms with Crippen LogP contribution in [0.5, 0.6) is 0 Å². The molecule has 0 heterocycles. The van der Waals surface area contributed by atoms with Gasteiger partial charge in [0.2, 0.25) is 0 Å². The molecule has 0 bridgehead atoms. The molecule has 9 unspecified atom stereocenters. The maximum atomic E-state index is 4.93. The molecule has 4 saturated carbocycles. The zero-order valence-corrected chi connectivity index (χ0v) is 32.5. The topological polar surface area (TPSA) is 0 Å². The number of rotatable bonds is 5. The quantitative estimate of drug-likeness (QED) is 0.214. The normalized spacial score (nSPS) is 35.2. The van der Waals surface area contributed by atoms with Crippen molar-refractivity contribution in [3.63, 3.8) is 0 Å². The summed E-state index contributed by atoms with van der Waals surface area (Å²) >= 11 is -0.826. The van der Waals surface area contributed by atoms with Crippen LogP contribution in [0.4, 0.5) is 0 Å². The SMILES string of the molecule is CCCC1CC([Si](C)(C)C2C(C)CC3C(c4ccc(C(C)(C)C)cc4)CCCC32)C2CCCCC12.[CH3-].[CH3-].[Cl][Zr+2][Cl]. The molecular formula is C36H62Cl2SiZr. The van der Waals surface area contributed by atoms with Crippen LogP contribution in [0.25, 0.3) is 0 Å². The molecule has 4 aliphatic carbocycles. The molecule has 0 aromatic heterocycles. The second kappa shape index (κ2) is 15.8. The van der Waals surface area contributed by atoms with Crippen LogP contribution >= 0.6 is 17.0 Å². The Labute approximate surface area is 270 Å². The zero-order valence-electron chi connectivity index (χ0n) is 27.5. The Morgan fingerprint density at radius 1 is 0.825 bits per heavy atom. The van der Waals surface area contributed by atoms with E-state index in [1.807, 2.05) is 0 Å². The van der Waals surface area contributed by atoms with Crippen LogP contribution in [-0.2, 0) is 26.3 Å². The molecule has 4 aliphatic rings. The molecule has 4 fully saturated rings. The third-order valence-electron chi connectivity index (χ3n) is 12.1. The molecular weight excluding hydrogens is 623 g/mol. The van der Waals surface area contributed by atoms with Crippen molar-refractivity contribution in [3.8, 4) is 0 Å². The van der Waals surface area contributed by atoms with E-state index in [0.717, 1.165) is 52.5 Å². The zero-order chi connectivity index (χ0) is 27.7. The van der Waals surface area contributed by atoms with Gasteiger partial charge in [0.15, 0.2) is 0 Å². The maximum absolute atomic E-state index is 4.93. The van der Waals surface area contributed by atoms with E-state index in [4.69, 9.17) is 17.0 Å². The van der Waals surface area contributed by atoms with Gasteiger partial charge in [0, 0.05) is 0 Å². The first-order chi connectivity index (χ1) is 18.0. The van der Waals surface area contributed by atoms with E-state index in [9.17, 15) is 0 Å². The Morgan fingerprint density at radius 2 is 1.40 bits per heavy atom. The molecule has 0 N–H and O–H groups in total. The summed E-state index contributed by atoms with van der Waals surface area (Å²) in [5, 5.41) is 0. The molecule has 0 spiro atoms. The Bertz CT molecular complexity index is 878. The van der Waals surface area contributed by atoms with E-state index in [1.54, 1.807) is 24.8 Å². The van der Waals surface area contributed by atoms with Gasteiger partial charge in [-0.1, -0.05) is 117 Å². The predicted octanol–water partition coefficient (Wildman–Crippen LogP) is 12.9. The first-order valence-electron chi connectivity index (χ1n) is 16.1. The van der Waals surface area contributed by atoms with E-state index >= 15 is 0 Å². The standard InChI is InChI=1S/C34H56Si.2CH3.2ClH.Zr/c1-8-12-25-22-32(29-14-10-9-13-28(25)29)35(6,7)33-23(2)21-31-27(15-11-16-30(31)33)24-17-19-26(20-18-24)34(3,4)5;;;;;/h17-20,23,25,27-33H,8-16,21-22H2,1-7H3;2*1H3;2*1H;/q;2*-1;;;+4/p-2. The molecule has 0 nitrogen and oxygen atoms in total. The van der Waals surface area contributed by atoms with Gasteiger partial charge in [-0.2, -0.15) is 0 Å². The van der Waals surface area contributed by atoms with Crippen molar-refractivity contribution in [3.05, 3.63) is 50.2 Å². The van der Waals surface area contributed by atoms with Crippen molar-refractivity contribution in [2.24, 2.45) is 35.5 Å². The van der Waals surface area contributed by atoms with Gasteiger partial charge in [-0.3, -0.25) is 0 Å². The third-order valence-corrected chi connectivity index (χ3v) is 17.4. The Kier molecular flexibility index (Phi) is 14.6. The van der Waals surface area contributed by atoms with Gasteiger partial charge in [-0.05, 0) is 94.7 Å². The van der Waals surface area contributed by atoms with Crippen molar-refractivity contribution in [2.75, 3.05) is 0 Å². The molecule has 228 valence electrons. The van der Waals surface area contributed by atoms with Gasteiger partial charge in [0.25, 0.3) is 0 Å². The van der Waals surface area contributed by atoms with Crippen LogP contribution in [0.15, 0.2) is 24.3 Å². The summed E-state index contributed by atoms with van der Waals surface area (Å²) in [6.07, 6.45) is 16.7. The second-order valence-corrected chi connectivity index (χ2v) is 24.2. The van der Waals surface area contributed by atoms with E-state index < -0.39 is 28.9 Å². The van der Waals surface area contributed by atoms with Gasteiger partial charge >= 0.3 is 37.9 Å². The number of halogens is 2. The molecule has 1 aromatic carbocycles. The first-order valence-corrected chi connectivity index (χ1v) is 25.6. The van der Waals surface area contributed by atoms with E-state index in [2.05, 4.69) is 72.0 Å². The summed E-state index contributed by atoms with van der Waals surface area (Å²) in [6, 6.07) is 9.94. The summed E-state index contributed by atoms with van der Waals surface area (Å²) in [4.78, 5) is 0. The summed E-state index contributed by atoms with van der Waals surface area (Å²) in [5.41, 5.74) is 5.59. The molecule has 0 aliphatic heterocycles. The fourth-order valence-electron chi connectivity index (χ4n) is 10.8. The minimum atomic E-state index is -1.35. The molecule has 40 heavy (non-hydrogen) atoms. The number of benzene rings is 1. The van der Waals surface area contributed by atoms with Gasteiger partial charge in [0.05, 0.1) is 8.07 Å². The van der Waals surface area contributed by atoms with Crippen LogP contribution in [0.1, 0.15) is 122 Å². The Hall–Kier alpha value is 0.900. The molecule has 9 atom stereocenters. The van der Waals surface area contributed by atoms with E-state index in [-0.39, 0.29) is 20.3 Å². The van der Waals surface area contributed by atoms with Crippen LogP contribution in [0.3, 0.4) is 0 Å². The van der Waals surface area contributed by atoms with Crippen LogP contribution in [0.2, 0.25) is 24.2 Å². The van der Waals surface area contributed by atoms with Crippen molar-refractivity contribution in [1.29, 1.82) is 0 Å². The minimum absolute atomic E-state index is 0. The van der Waals surface area contributed by atoms with E-state index in [1.165, 1.54) is 56.9 Å². The molecule has 1 aromatic rings. The average molecular weight is 685 g/mol. The Morgan fingerprint density at radius 3 is 1.98 bits per heavy atom. The van der Waals surface area contributed by atoms with Gasteiger partial charge in [-0.25, -0.2) is 0 Å². The van der Waals surface area contributed by atoms with Gasteiger partial charge in [-0.15, -0.1) is 0 Å². The molecule has 5 rings (SSSR count). The van der Waals surface area contributed by atoms with Crippen LogP contribution in [0, 0.1) is 50.4 Å². The second-order valence-electron chi connectivity index (χ2n) is 15.4. The van der Waals surface area contributed by atoms with Crippen molar-refractivity contribution < 1.29 is 20.8 Å². The number of fused-ring (bicyclic) bond motifs is 2. The van der Waals surface area contributed by atoms with Gasteiger partial charge in [0.1, 0.15) is 0 Å². The summed E-state index contributed by atoms with van der Waals surface area (Å²) in [5.74, 6) is 6.99. The number of hydrogen-bond donors (Lipinski definition) is 0. The fourth-order valence-corrected chi connectivity index (χ4v) is 16.8. The van der Waals surface area contributed by atoms with Crippen molar-refractivity contribution in [1.82, 2.24) is 0 Å².